The number of imidazole rings is 1. The highest BCUT2D eigenvalue weighted by atomic mass is 15.3. The van der Waals surface area contributed by atoms with Crippen LogP contribution in [0.4, 0.5) is 11.5 Å². The van der Waals surface area contributed by atoms with Crippen LogP contribution in [0.3, 0.4) is 0 Å². The highest BCUT2D eigenvalue weighted by Crippen LogP contribution is 2.23. The molecule has 1 unspecified atom stereocenters. The van der Waals surface area contributed by atoms with Crippen LogP contribution in [0.5, 0.6) is 0 Å². The molecule has 0 saturated carbocycles. The molecule has 0 aliphatic heterocycles. The van der Waals surface area contributed by atoms with Crippen molar-refractivity contribution in [2.45, 2.75) is 39.3 Å². The smallest absolute Gasteiger partial charge is 0.148 e. The van der Waals surface area contributed by atoms with Gasteiger partial charge in [-0.3, -0.25) is 4.68 Å². The number of nitrogens with one attached hydrogen (secondary N) is 1. The molecule has 3 N–H and O–H groups in total. The molecule has 0 spiro atoms. The van der Waals surface area contributed by atoms with Crippen molar-refractivity contribution in [1.29, 1.82) is 0 Å². The zero-order chi connectivity index (χ0) is 13.8. The largest absolute Gasteiger partial charge is 0.394 e. The average molecular weight is 262 g/mol. The highest BCUT2D eigenvalue weighted by molar-refractivity contribution is 5.65. The summed E-state index contributed by atoms with van der Waals surface area (Å²) >= 11 is 0. The van der Waals surface area contributed by atoms with Crippen LogP contribution in [0.2, 0.25) is 0 Å². The first-order valence-electron chi connectivity index (χ1n) is 6.65. The minimum absolute atomic E-state index is 0.251. The molecule has 0 fully saturated rings. The lowest BCUT2D eigenvalue weighted by Crippen LogP contribution is -2.23. The van der Waals surface area contributed by atoms with Gasteiger partial charge in [-0.25, -0.2) is 4.98 Å². The molecule has 2 aromatic rings. The Morgan fingerprint density at radius 3 is 2.89 bits per heavy atom. The van der Waals surface area contributed by atoms with Gasteiger partial charge in [0.25, 0.3) is 0 Å². The van der Waals surface area contributed by atoms with Crippen molar-refractivity contribution in [3.63, 3.8) is 0 Å². The topological polar surface area (TPSA) is 73.7 Å². The number of nitrogens with two attached hydrogens (primary N) is 1. The van der Waals surface area contributed by atoms with E-state index in [1.165, 1.54) is 0 Å². The quantitative estimate of drug-likeness (QED) is 0.830. The molecule has 2 rings (SSSR count). The van der Waals surface area contributed by atoms with Crippen LogP contribution in [0.25, 0.3) is 0 Å². The Morgan fingerprint density at radius 1 is 1.47 bits per heavy atom. The summed E-state index contributed by atoms with van der Waals surface area (Å²) in [6.07, 6.45) is 7.51. The maximum absolute atomic E-state index is 6.15. The number of anilines is 2. The Bertz CT molecular complexity index is 513. The van der Waals surface area contributed by atoms with Crippen molar-refractivity contribution in [3.8, 4) is 0 Å². The third-order valence-electron chi connectivity index (χ3n) is 3.07. The lowest BCUT2D eigenvalue weighted by atomic mass is 10.2. The standard InChI is InChI=1S/C13H22N6/c1-4-5-11-12(14)13(18(3)17-11)16-10(2)8-19-7-6-15-9-19/h6-7,9-10,16H,4-5,8,14H2,1-3H3. The molecule has 6 nitrogen and oxygen atoms in total. The van der Waals surface area contributed by atoms with Gasteiger partial charge in [0.05, 0.1) is 17.7 Å². The third kappa shape index (κ3) is 3.07. The molecule has 104 valence electrons. The van der Waals surface area contributed by atoms with Crippen molar-refractivity contribution in [2.75, 3.05) is 11.1 Å². The monoisotopic (exact) mass is 262 g/mol. The van der Waals surface area contributed by atoms with Crippen molar-refractivity contribution in [2.24, 2.45) is 7.05 Å². The number of hydrogen-bond donors (Lipinski definition) is 2. The summed E-state index contributed by atoms with van der Waals surface area (Å²) < 4.78 is 3.86. The van der Waals surface area contributed by atoms with Gasteiger partial charge in [-0.05, 0) is 13.3 Å². The van der Waals surface area contributed by atoms with E-state index in [1.807, 2.05) is 28.8 Å². The summed E-state index contributed by atoms with van der Waals surface area (Å²) in [4.78, 5) is 4.04. The van der Waals surface area contributed by atoms with Gasteiger partial charge in [0.1, 0.15) is 5.82 Å². The summed E-state index contributed by atoms with van der Waals surface area (Å²) in [5.74, 6) is 0.899. The summed E-state index contributed by atoms with van der Waals surface area (Å²) in [5, 5.41) is 7.88. The zero-order valence-electron chi connectivity index (χ0n) is 11.8. The molecule has 0 aromatic carbocycles. The summed E-state index contributed by atoms with van der Waals surface area (Å²) in [5.41, 5.74) is 7.89. The van der Waals surface area contributed by atoms with Crippen LogP contribution in [0.15, 0.2) is 18.7 Å². The van der Waals surface area contributed by atoms with Crippen LogP contribution in [0.1, 0.15) is 26.0 Å². The van der Waals surface area contributed by atoms with Gasteiger partial charge in [0, 0.05) is 32.0 Å². The first-order chi connectivity index (χ1) is 9.11. The molecule has 2 heterocycles. The van der Waals surface area contributed by atoms with Gasteiger partial charge in [0.2, 0.25) is 0 Å². The SMILES string of the molecule is CCCc1nn(C)c(NC(C)Cn2ccnc2)c1N. The van der Waals surface area contributed by atoms with Crippen LogP contribution in [-0.4, -0.2) is 25.4 Å². The number of aryl methyl sites for hydroxylation is 2. The molecular formula is C13H22N6. The number of nitrogen functional groups attached to an aromatic ring is 1. The van der Waals surface area contributed by atoms with Crippen LogP contribution in [0, 0.1) is 0 Å². The Labute approximate surface area is 113 Å². The van der Waals surface area contributed by atoms with Gasteiger partial charge in [-0.2, -0.15) is 5.10 Å². The lowest BCUT2D eigenvalue weighted by Gasteiger charge is -2.16. The summed E-state index contributed by atoms with van der Waals surface area (Å²) in [7, 11) is 1.92. The second-order valence-corrected chi connectivity index (χ2v) is 4.89. The molecule has 0 saturated heterocycles. The molecule has 0 aliphatic carbocycles. The van der Waals surface area contributed by atoms with E-state index in [4.69, 9.17) is 5.73 Å². The van der Waals surface area contributed by atoms with Crippen molar-refractivity contribution >= 4 is 11.5 Å². The fourth-order valence-electron chi connectivity index (χ4n) is 2.18. The predicted molar refractivity (Wildman–Crippen MR) is 76.9 cm³/mol. The summed E-state index contributed by atoms with van der Waals surface area (Å²) in [6.45, 7) is 5.09. The van der Waals surface area contributed by atoms with E-state index in [0.29, 0.717) is 0 Å². The zero-order valence-corrected chi connectivity index (χ0v) is 11.8. The van der Waals surface area contributed by atoms with E-state index in [-0.39, 0.29) is 6.04 Å². The molecule has 0 radical (unpaired) electrons. The van der Waals surface area contributed by atoms with E-state index >= 15 is 0 Å². The Morgan fingerprint density at radius 2 is 2.26 bits per heavy atom. The van der Waals surface area contributed by atoms with Crippen molar-refractivity contribution in [3.05, 3.63) is 24.4 Å². The molecular weight excluding hydrogens is 240 g/mol. The van der Waals surface area contributed by atoms with Crippen molar-refractivity contribution < 1.29 is 0 Å². The third-order valence-corrected chi connectivity index (χ3v) is 3.07. The van der Waals surface area contributed by atoms with Crippen LogP contribution >= 0.6 is 0 Å². The van der Waals surface area contributed by atoms with Gasteiger partial charge in [-0.1, -0.05) is 13.3 Å². The van der Waals surface area contributed by atoms with Gasteiger partial charge in [-0.15, -0.1) is 0 Å². The molecule has 6 heteroatoms. The Balaban J connectivity index is 2.06. The summed E-state index contributed by atoms with van der Waals surface area (Å²) in [6, 6.07) is 0.251. The molecule has 1 atom stereocenters. The Kier molecular flexibility index (Phi) is 4.09. The number of aromatic nitrogens is 4. The van der Waals surface area contributed by atoms with Crippen molar-refractivity contribution in [1.82, 2.24) is 19.3 Å². The first kappa shape index (κ1) is 13.5. The number of hydrogen-bond acceptors (Lipinski definition) is 4. The molecule has 0 aliphatic rings. The normalized spacial score (nSPS) is 12.6. The fraction of sp³-hybridized carbons (Fsp3) is 0.538. The van der Waals surface area contributed by atoms with Gasteiger partial charge >= 0.3 is 0 Å². The Hall–Kier alpha value is -1.98. The van der Waals surface area contributed by atoms with E-state index in [9.17, 15) is 0 Å². The van der Waals surface area contributed by atoms with E-state index in [0.717, 1.165) is 36.6 Å². The van der Waals surface area contributed by atoms with Gasteiger partial charge < -0.3 is 15.6 Å². The second kappa shape index (κ2) is 5.77. The van der Waals surface area contributed by atoms with E-state index in [2.05, 4.69) is 29.2 Å². The van der Waals surface area contributed by atoms with Crippen LogP contribution < -0.4 is 11.1 Å². The number of nitrogens with zero attached hydrogens (tertiary/aromatic N) is 4. The number of rotatable bonds is 6. The first-order valence-corrected chi connectivity index (χ1v) is 6.65. The van der Waals surface area contributed by atoms with E-state index in [1.54, 1.807) is 6.20 Å². The van der Waals surface area contributed by atoms with Gasteiger partial charge in [0.15, 0.2) is 0 Å². The van der Waals surface area contributed by atoms with Crippen LogP contribution in [-0.2, 0) is 20.0 Å². The molecule has 19 heavy (non-hydrogen) atoms. The second-order valence-electron chi connectivity index (χ2n) is 4.89. The lowest BCUT2D eigenvalue weighted by molar-refractivity contribution is 0.610. The maximum atomic E-state index is 6.15. The molecule has 2 aromatic heterocycles. The highest BCUT2D eigenvalue weighted by Gasteiger charge is 2.14. The molecule has 0 bridgehead atoms. The predicted octanol–water partition coefficient (Wildman–Crippen LogP) is 1.65. The van der Waals surface area contributed by atoms with E-state index < -0.39 is 0 Å². The average Bonchev–Trinajstić information content (AvgIpc) is 2.94. The minimum Gasteiger partial charge on any atom is -0.394 e. The maximum Gasteiger partial charge on any atom is 0.148 e. The minimum atomic E-state index is 0.251. The fourth-order valence-corrected chi connectivity index (χ4v) is 2.18. The molecule has 0 amide bonds.